The van der Waals surface area contributed by atoms with Crippen LogP contribution in [-0.4, -0.2) is 27.7 Å². The summed E-state index contributed by atoms with van der Waals surface area (Å²) in [5.74, 6) is -4.20. The van der Waals surface area contributed by atoms with Gasteiger partial charge in [-0.3, -0.25) is 4.79 Å². The third kappa shape index (κ3) is 4.36. The van der Waals surface area contributed by atoms with Crippen LogP contribution in [0.2, 0.25) is 5.02 Å². The van der Waals surface area contributed by atoms with E-state index in [1.807, 2.05) is 0 Å². The molecule has 0 bridgehead atoms. The number of rotatable bonds is 6. The maximum absolute atomic E-state index is 15.1. The lowest BCUT2D eigenvalue weighted by atomic mass is 9.94. The van der Waals surface area contributed by atoms with Crippen molar-refractivity contribution in [2.24, 2.45) is 0 Å². The van der Waals surface area contributed by atoms with Gasteiger partial charge in [-0.05, 0) is 51.0 Å². The second-order valence-electron chi connectivity index (χ2n) is 8.29. The average molecular weight is 513 g/mol. The lowest BCUT2D eigenvalue weighted by Crippen LogP contribution is -2.25. The predicted molar refractivity (Wildman–Crippen MR) is 127 cm³/mol. The lowest BCUT2D eigenvalue weighted by molar-refractivity contribution is 0.0472. The third-order valence-corrected chi connectivity index (χ3v) is 6.28. The summed E-state index contributed by atoms with van der Waals surface area (Å²) in [6.07, 6.45) is 1.17. The molecule has 0 amide bonds. The maximum atomic E-state index is 15.1. The first-order chi connectivity index (χ1) is 17.1. The molecule has 0 atom stereocenters. The van der Waals surface area contributed by atoms with Gasteiger partial charge >= 0.3 is 11.9 Å². The number of hydrogen-bond acceptors (Lipinski definition) is 5. The molecule has 0 unspecified atom stereocenters. The lowest BCUT2D eigenvalue weighted by Gasteiger charge is -2.21. The molecule has 4 rings (SSSR count). The predicted octanol–water partition coefficient (Wildman–Crippen LogP) is 5.33. The quantitative estimate of drug-likeness (QED) is 0.447. The van der Waals surface area contributed by atoms with Crippen molar-refractivity contribution in [3.63, 3.8) is 0 Å². The van der Waals surface area contributed by atoms with Crippen LogP contribution in [0.3, 0.4) is 0 Å². The van der Waals surface area contributed by atoms with E-state index in [1.54, 1.807) is 13.0 Å². The number of esters is 1. The van der Waals surface area contributed by atoms with Crippen molar-refractivity contribution in [2.75, 3.05) is 0 Å². The number of carboxylic acids is 1. The fraction of sp³-hybridized carbons (Fsp3) is 0.231. The Morgan fingerprint density at radius 1 is 1.22 bits per heavy atom. The molecular weight excluding hydrogens is 494 g/mol. The number of ether oxygens (including phenoxy) is 1. The second kappa shape index (κ2) is 9.55. The average Bonchev–Trinajstić information content (AvgIpc) is 3.63. The number of carbonyl (C=O) groups is 2. The normalized spacial score (nSPS) is 12.8. The van der Waals surface area contributed by atoms with E-state index in [9.17, 15) is 23.9 Å². The van der Waals surface area contributed by atoms with Crippen molar-refractivity contribution < 1.29 is 28.2 Å². The van der Waals surface area contributed by atoms with Crippen LogP contribution in [0, 0.1) is 29.9 Å². The monoisotopic (exact) mass is 512 g/mol. The Morgan fingerprint density at radius 3 is 2.47 bits per heavy atom. The highest BCUT2D eigenvalue weighted by molar-refractivity contribution is 6.33. The van der Waals surface area contributed by atoms with Crippen LogP contribution in [-0.2, 0) is 11.3 Å². The topological polar surface area (TPSA) is 109 Å². The molecule has 1 aliphatic carbocycles. The van der Waals surface area contributed by atoms with Gasteiger partial charge in [0.25, 0.3) is 0 Å². The molecule has 0 radical (unpaired) electrons. The van der Waals surface area contributed by atoms with E-state index in [-0.39, 0.29) is 56.9 Å². The molecule has 1 heterocycles. The minimum Gasteiger partial charge on any atom is -0.477 e. The number of nitrogens with zero attached hydrogens (tertiary/aromatic N) is 2. The molecule has 1 fully saturated rings. The molecule has 0 aliphatic heterocycles. The molecule has 36 heavy (non-hydrogen) atoms. The number of aromatic nitrogens is 1. The summed E-state index contributed by atoms with van der Waals surface area (Å²) in [5.41, 5.74) is -2.57. The van der Waals surface area contributed by atoms with E-state index in [2.05, 4.69) is 0 Å². The van der Waals surface area contributed by atoms with Crippen molar-refractivity contribution in [3.05, 3.63) is 79.6 Å². The van der Waals surface area contributed by atoms with Gasteiger partial charge in [-0.15, -0.1) is 0 Å². The highest BCUT2D eigenvalue weighted by atomic mass is 35.5. The first kappa shape index (κ1) is 25.1. The number of carboxylic acid groups (broad SMARTS) is 1. The molecule has 3 aromatic rings. The van der Waals surface area contributed by atoms with Crippen molar-refractivity contribution >= 4 is 23.5 Å². The van der Waals surface area contributed by atoms with Crippen LogP contribution in [0.25, 0.3) is 22.4 Å². The van der Waals surface area contributed by atoms with Gasteiger partial charge in [0.15, 0.2) is 0 Å². The highest BCUT2D eigenvalue weighted by Crippen LogP contribution is 2.34. The zero-order valence-corrected chi connectivity index (χ0v) is 19.9. The summed E-state index contributed by atoms with van der Waals surface area (Å²) >= 11 is 6.08. The molecule has 1 aromatic heterocycles. The van der Waals surface area contributed by atoms with Gasteiger partial charge in [-0.25, -0.2) is 18.4 Å². The van der Waals surface area contributed by atoms with Crippen LogP contribution in [0.4, 0.5) is 8.78 Å². The summed E-state index contributed by atoms with van der Waals surface area (Å²) in [7, 11) is 0. The van der Waals surface area contributed by atoms with Crippen LogP contribution >= 0.6 is 11.6 Å². The number of aromatic carboxylic acids is 1. The first-order valence-electron chi connectivity index (χ1n) is 11.0. The minimum atomic E-state index is -1.61. The van der Waals surface area contributed by atoms with Gasteiger partial charge in [0, 0.05) is 23.4 Å². The van der Waals surface area contributed by atoms with E-state index in [4.69, 9.17) is 21.6 Å². The molecule has 1 N–H and O–H groups in total. The summed E-state index contributed by atoms with van der Waals surface area (Å²) in [6.45, 7) is 3.31. The third-order valence-electron chi connectivity index (χ3n) is 5.96. The smallest absolute Gasteiger partial charge is 0.341 e. The molecule has 0 saturated heterocycles. The Morgan fingerprint density at radius 2 is 1.92 bits per heavy atom. The zero-order valence-electron chi connectivity index (χ0n) is 19.2. The molecule has 184 valence electrons. The first-order valence-corrected chi connectivity index (χ1v) is 11.4. The number of pyridine rings is 1. The van der Waals surface area contributed by atoms with Gasteiger partial charge in [0.05, 0.1) is 27.4 Å². The van der Waals surface area contributed by atoms with Crippen LogP contribution in [0.15, 0.2) is 35.1 Å². The van der Waals surface area contributed by atoms with E-state index < -0.39 is 34.6 Å². The Hall–Kier alpha value is -4.03. The molecule has 1 aliphatic rings. The number of hydrogen-bond donors (Lipinski definition) is 1. The summed E-state index contributed by atoms with van der Waals surface area (Å²) < 4.78 is 36.2. The summed E-state index contributed by atoms with van der Waals surface area (Å²) in [5, 5.41) is 18.8. The fourth-order valence-electron chi connectivity index (χ4n) is 4.10. The molecule has 1 saturated carbocycles. The molecule has 2 aromatic carbocycles. The number of halogens is 3. The number of benzene rings is 2. The minimum absolute atomic E-state index is 0.0581. The number of carbonyl (C=O) groups excluding carboxylic acids is 1. The summed E-state index contributed by atoms with van der Waals surface area (Å²) in [4.78, 5) is 38.4. The van der Waals surface area contributed by atoms with Crippen molar-refractivity contribution in [1.29, 1.82) is 5.26 Å². The van der Waals surface area contributed by atoms with Crippen molar-refractivity contribution in [1.82, 2.24) is 4.57 Å². The Labute approximate surface area is 209 Å². The van der Waals surface area contributed by atoms with Crippen molar-refractivity contribution in [2.45, 2.75) is 39.3 Å². The van der Waals surface area contributed by atoms with Crippen LogP contribution < -0.4 is 5.43 Å². The van der Waals surface area contributed by atoms with E-state index in [1.165, 1.54) is 23.6 Å². The Kier molecular flexibility index (Phi) is 6.65. The van der Waals surface area contributed by atoms with Crippen LogP contribution in [0.5, 0.6) is 0 Å². The molecule has 10 heteroatoms. The van der Waals surface area contributed by atoms with Gasteiger partial charge in [0.2, 0.25) is 5.43 Å². The van der Waals surface area contributed by atoms with E-state index in [0.717, 1.165) is 18.2 Å². The summed E-state index contributed by atoms with van der Waals surface area (Å²) in [6, 6.07) is 7.13. The largest absolute Gasteiger partial charge is 0.477 e. The zero-order chi connectivity index (χ0) is 26.3. The SMILES string of the molecule is CCn1c(C)c(-c2cc(C(=O)OC3CC3)c(Cl)cc2F)c(=O)c(C(=O)O)c1-c1ccc(C#N)c(F)c1. The standard InChI is InChI=1S/C26H19ClF2N2O5/c1-3-31-12(2)21(17-9-16(18(27)10-20(17)29)26(35)36-15-6-7-15)24(32)22(25(33)34)23(31)13-4-5-14(11-30)19(28)8-13/h4-5,8-10,15H,3,6-7H2,1-2H3,(H,33,34). The fourth-order valence-corrected chi connectivity index (χ4v) is 4.32. The van der Waals surface area contributed by atoms with E-state index in [0.29, 0.717) is 12.8 Å². The van der Waals surface area contributed by atoms with Gasteiger partial charge in [-0.1, -0.05) is 17.7 Å². The molecule has 7 nitrogen and oxygen atoms in total. The van der Waals surface area contributed by atoms with Gasteiger partial charge < -0.3 is 14.4 Å². The van der Waals surface area contributed by atoms with Crippen LogP contribution in [0.1, 0.15) is 51.7 Å². The van der Waals surface area contributed by atoms with E-state index >= 15 is 4.39 Å². The maximum Gasteiger partial charge on any atom is 0.341 e. The second-order valence-corrected chi connectivity index (χ2v) is 8.69. The van der Waals surface area contributed by atoms with Gasteiger partial charge in [0.1, 0.15) is 29.4 Å². The van der Waals surface area contributed by atoms with Crippen molar-refractivity contribution in [3.8, 4) is 28.5 Å². The number of nitriles is 1. The molecular formula is C26H19ClF2N2O5. The Balaban J connectivity index is 2.02. The van der Waals surface area contributed by atoms with Gasteiger partial charge in [-0.2, -0.15) is 5.26 Å². The molecule has 0 spiro atoms. The Bertz CT molecular complexity index is 1540. The highest BCUT2D eigenvalue weighted by Gasteiger charge is 2.30.